The molecule has 0 radical (unpaired) electrons. The lowest BCUT2D eigenvalue weighted by molar-refractivity contribution is -0.132. The Labute approximate surface area is 192 Å². The van der Waals surface area contributed by atoms with E-state index in [0.29, 0.717) is 39.3 Å². The van der Waals surface area contributed by atoms with Crippen LogP contribution >= 0.6 is 23.2 Å². The number of rotatable bonds is 7. The molecule has 1 saturated heterocycles. The molecule has 1 heterocycles. The highest BCUT2D eigenvalue weighted by molar-refractivity contribution is 6.35. The quantitative estimate of drug-likeness (QED) is 0.503. The summed E-state index contributed by atoms with van der Waals surface area (Å²) < 4.78 is 0. The van der Waals surface area contributed by atoms with Gasteiger partial charge in [0.05, 0.1) is 6.42 Å². The van der Waals surface area contributed by atoms with Crippen LogP contribution < -0.4 is 0 Å². The van der Waals surface area contributed by atoms with E-state index in [1.807, 2.05) is 12.1 Å². The Morgan fingerprint density at radius 2 is 1.90 bits per heavy atom. The number of hydrogen-bond donors (Lipinski definition) is 0. The van der Waals surface area contributed by atoms with Crippen molar-refractivity contribution in [3.05, 3.63) is 33.8 Å². The first-order valence-corrected chi connectivity index (χ1v) is 12.4. The monoisotopic (exact) mass is 450 g/mol. The second kappa shape index (κ2) is 8.64. The molecule has 2 aliphatic carbocycles. The molecule has 1 aromatic carbocycles. The Kier molecular flexibility index (Phi) is 6.46. The van der Waals surface area contributed by atoms with Crippen molar-refractivity contribution in [2.45, 2.75) is 71.8 Å². The third kappa shape index (κ3) is 5.53. The van der Waals surface area contributed by atoms with E-state index >= 15 is 0 Å². The zero-order valence-corrected chi connectivity index (χ0v) is 20.2. The summed E-state index contributed by atoms with van der Waals surface area (Å²) >= 11 is 12.4. The van der Waals surface area contributed by atoms with Gasteiger partial charge in [-0.15, -0.1) is 0 Å². The van der Waals surface area contributed by atoms with Crippen LogP contribution in [0.25, 0.3) is 0 Å². The fourth-order valence-corrected chi connectivity index (χ4v) is 5.41. The minimum absolute atomic E-state index is 0.239. The summed E-state index contributed by atoms with van der Waals surface area (Å²) in [7, 11) is 0. The number of halogens is 2. The Morgan fingerprint density at radius 3 is 2.50 bits per heavy atom. The van der Waals surface area contributed by atoms with E-state index in [-0.39, 0.29) is 5.91 Å². The van der Waals surface area contributed by atoms with Gasteiger partial charge in [0.2, 0.25) is 5.91 Å². The second-order valence-corrected chi connectivity index (χ2v) is 12.0. The number of amides is 1. The lowest BCUT2D eigenvalue weighted by Crippen LogP contribution is -2.42. The summed E-state index contributed by atoms with van der Waals surface area (Å²) in [4.78, 5) is 18.2. The topological polar surface area (TPSA) is 23.6 Å². The maximum Gasteiger partial charge on any atom is 0.227 e. The van der Waals surface area contributed by atoms with Crippen molar-refractivity contribution < 1.29 is 4.79 Å². The van der Waals surface area contributed by atoms with Crippen molar-refractivity contribution in [1.82, 2.24) is 9.80 Å². The summed E-state index contributed by atoms with van der Waals surface area (Å²) in [6.07, 6.45) is 7.82. The molecule has 2 saturated carbocycles. The Balaban J connectivity index is 1.36. The van der Waals surface area contributed by atoms with E-state index in [0.717, 1.165) is 12.1 Å². The van der Waals surface area contributed by atoms with Crippen LogP contribution in [-0.4, -0.2) is 47.9 Å². The van der Waals surface area contributed by atoms with Crippen LogP contribution in [0.4, 0.5) is 0 Å². The van der Waals surface area contributed by atoms with Crippen LogP contribution in [0.3, 0.4) is 0 Å². The number of hydrogen-bond acceptors (Lipinski definition) is 2. The van der Waals surface area contributed by atoms with Gasteiger partial charge in [0.1, 0.15) is 0 Å². The maximum absolute atomic E-state index is 13.3. The summed E-state index contributed by atoms with van der Waals surface area (Å²) in [6.45, 7) is 11.5. The molecule has 4 rings (SSSR count). The molecule has 166 valence electrons. The second-order valence-electron chi connectivity index (χ2n) is 11.1. The van der Waals surface area contributed by atoms with Crippen LogP contribution in [0.5, 0.6) is 0 Å². The molecule has 3 aliphatic rings. The number of benzene rings is 1. The van der Waals surface area contributed by atoms with Crippen LogP contribution in [0.15, 0.2) is 18.2 Å². The smallest absolute Gasteiger partial charge is 0.227 e. The van der Waals surface area contributed by atoms with E-state index in [4.69, 9.17) is 23.2 Å². The van der Waals surface area contributed by atoms with Crippen LogP contribution in [0, 0.1) is 16.7 Å². The molecule has 0 bridgehead atoms. The summed E-state index contributed by atoms with van der Waals surface area (Å²) in [6, 6.07) is 5.89. The summed E-state index contributed by atoms with van der Waals surface area (Å²) in [5.41, 5.74) is 1.65. The third-order valence-corrected chi connectivity index (χ3v) is 7.97. The van der Waals surface area contributed by atoms with Gasteiger partial charge in [-0.3, -0.25) is 4.79 Å². The first-order chi connectivity index (χ1) is 14.2. The number of nitrogens with zero attached hydrogens (tertiary/aromatic N) is 2. The zero-order valence-electron chi connectivity index (χ0n) is 18.7. The normalized spacial score (nSPS) is 23.6. The maximum atomic E-state index is 13.3. The molecule has 1 atom stereocenters. The molecule has 1 aliphatic heterocycles. The molecule has 1 aromatic rings. The van der Waals surface area contributed by atoms with E-state index < -0.39 is 0 Å². The molecule has 5 heteroatoms. The van der Waals surface area contributed by atoms with Crippen molar-refractivity contribution in [3.8, 4) is 0 Å². The average Bonchev–Trinajstić information content (AvgIpc) is 3.58. The van der Waals surface area contributed by atoms with Crippen molar-refractivity contribution in [3.63, 3.8) is 0 Å². The van der Waals surface area contributed by atoms with Crippen LogP contribution in [0.1, 0.15) is 64.9 Å². The summed E-state index contributed by atoms with van der Waals surface area (Å²) in [5.74, 6) is 0.947. The standard InChI is InChI=1S/C25H36Cl2N2O/c1-24(2,3)8-11-28-12-9-25(10-13-28)16-22(25)29(17-18-4-5-18)23(30)14-19-6-7-20(26)15-21(19)27/h6-7,15,18,22H,4-5,8-14,16-17H2,1-3H3. The molecular weight excluding hydrogens is 415 g/mol. The SMILES string of the molecule is CC(C)(C)CCN1CCC2(CC1)CC2N(CC1CC1)C(=O)Cc1ccc(Cl)cc1Cl. The Morgan fingerprint density at radius 1 is 1.20 bits per heavy atom. The number of carbonyl (C=O) groups is 1. The van der Waals surface area contributed by atoms with Gasteiger partial charge in [0, 0.05) is 22.6 Å². The van der Waals surface area contributed by atoms with Crippen LogP contribution in [0.2, 0.25) is 10.0 Å². The highest BCUT2D eigenvalue weighted by Crippen LogP contribution is 2.57. The van der Waals surface area contributed by atoms with Crippen molar-refractivity contribution in [1.29, 1.82) is 0 Å². The number of likely N-dealkylation sites (tertiary alicyclic amines) is 1. The fourth-order valence-electron chi connectivity index (χ4n) is 4.93. The minimum atomic E-state index is 0.239. The van der Waals surface area contributed by atoms with E-state index in [1.165, 1.54) is 58.2 Å². The Hall–Kier alpha value is -0.770. The molecule has 0 N–H and O–H groups in total. The molecule has 3 fully saturated rings. The molecule has 1 spiro atoms. The number of carbonyl (C=O) groups excluding carboxylic acids is 1. The average molecular weight is 451 g/mol. The highest BCUT2D eigenvalue weighted by atomic mass is 35.5. The zero-order chi connectivity index (χ0) is 21.5. The lowest BCUT2D eigenvalue weighted by atomic mass is 9.89. The van der Waals surface area contributed by atoms with Crippen molar-refractivity contribution >= 4 is 29.1 Å². The Bertz CT molecular complexity index is 776. The first-order valence-electron chi connectivity index (χ1n) is 11.6. The number of piperidine rings is 1. The highest BCUT2D eigenvalue weighted by Gasteiger charge is 2.58. The van der Waals surface area contributed by atoms with Gasteiger partial charge in [0.25, 0.3) is 0 Å². The fraction of sp³-hybridized carbons (Fsp3) is 0.720. The van der Waals surface area contributed by atoms with Crippen molar-refractivity contribution in [2.24, 2.45) is 16.7 Å². The van der Waals surface area contributed by atoms with Gasteiger partial charge in [-0.1, -0.05) is 50.0 Å². The van der Waals surface area contributed by atoms with Gasteiger partial charge in [-0.05, 0) is 92.6 Å². The summed E-state index contributed by atoms with van der Waals surface area (Å²) in [5, 5.41) is 1.21. The van der Waals surface area contributed by atoms with Crippen molar-refractivity contribution in [2.75, 3.05) is 26.2 Å². The molecule has 1 amide bonds. The third-order valence-electron chi connectivity index (χ3n) is 7.38. The van der Waals surface area contributed by atoms with E-state index in [1.54, 1.807) is 6.07 Å². The van der Waals surface area contributed by atoms with Gasteiger partial charge in [0.15, 0.2) is 0 Å². The van der Waals surface area contributed by atoms with Crippen LogP contribution in [-0.2, 0) is 11.2 Å². The molecule has 30 heavy (non-hydrogen) atoms. The predicted molar refractivity (Wildman–Crippen MR) is 125 cm³/mol. The van der Waals surface area contributed by atoms with Gasteiger partial charge in [-0.2, -0.15) is 0 Å². The minimum Gasteiger partial charge on any atom is -0.339 e. The largest absolute Gasteiger partial charge is 0.339 e. The molecular formula is C25H36Cl2N2O. The predicted octanol–water partition coefficient (Wildman–Crippen LogP) is 6.07. The van der Waals surface area contributed by atoms with Gasteiger partial charge < -0.3 is 9.80 Å². The molecule has 0 aromatic heterocycles. The van der Waals surface area contributed by atoms with Gasteiger partial charge in [-0.25, -0.2) is 0 Å². The van der Waals surface area contributed by atoms with E-state index in [2.05, 4.69) is 30.6 Å². The lowest BCUT2D eigenvalue weighted by Gasteiger charge is -2.36. The van der Waals surface area contributed by atoms with Gasteiger partial charge >= 0.3 is 0 Å². The molecule has 1 unspecified atom stereocenters. The van der Waals surface area contributed by atoms with E-state index in [9.17, 15) is 4.79 Å². The molecule has 3 nitrogen and oxygen atoms in total. The first kappa shape index (κ1) is 22.4.